The molecule has 2 saturated heterocycles. The molecule has 0 unspecified atom stereocenters. The molecule has 1 aliphatic carbocycles. The lowest BCUT2D eigenvalue weighted by Crippen LogP contribution is -2.53. The molecule has 0 bridgehead atoms. The normalized spacial score (nSPS) is 17.1. The zero-order valence-electron chi connectivity index (χ0n) is 37.0. The summed E-state index contributed by atoms with van der Waals surface area (Å²) in [6.45, 7) is 23.6. The number of hydrogen-bond acceptors (Lipinski definition) is 14. The number of amides is 2. The van der Waals surface area contributed by atoms with Gasteiger partial charge in [-0.2, -0.15) is 19.9 Å². The van der Waals surface area contributed by atoms with Gasteiger partial charge >= 0.3 is 6.09 Å². The van der Waals surface area contributed by atoms with Gasteiger partial charge in [0.25, 0.3) is 0 Å². The highest BCUT2D eigenvalue weighted by atomic mass is 16.6. The first-order valence-electron chi connectivity index (χ1n) is 20.7. The fourth-order valence-corrected chi connectivity index (χ4v) is 7.83. The SMILES string of the molecule is COC(C)(C)C.Cc1cc(C)c2c(N)nc(NC3CC4(CCN(C(=O)OC(C)(C)C)CC4)C3)nc2n1.Cc1cc(C)c2c(N)nc(NCC3CCN(C=O)CC3)nc2n1. The molecule has 59 heavy (non-hydrogen) atoms. The number of fused-ring (bicyclic) bond motifs is 2. The minimum atomic E-state index is -0.453. The summed E-state index contributed by atoms with van der Waals surface area (Å²) < 4.78 is 10.4. The second-order valence-electron chi connectivity index (χ2n) is 18.4. The first-order valence-corrected chi connectivity index (χ1v) is 20.7. The average Bonchev–Trinajstić information content (AvgIpc) is 3.12. The largest absolute Gasteiger partial charge is 0.444 e. The second kappa shape index (κ2) is 18.4. The number of nitrogens with two attached hydrogens (primary N) is 2. The number of piperidine rings is 2. The standard InChI is InChI=1S/C22H32N6O2.C16H22N6O.C5H12O/c1-13-10-14(2)24-18-16(13)17(23)26-19(27-18)25-15-11-22(12-15)6-8-28(9-7-22)20(29)30-21(3,4)5;1-10-7-11(2)19-15-13(10)14(17)20-16(21-15)18-8-12-3-5-22(9-23)6-4-12;1-5(2,3)6-4/h10,15H,6-9,11-12H2,1-5H3,(H3,23,24,25,26,27);7,9,12H,3-6,8H2,1-2H3,(H3,17,18,19,20,21);1-4H3. The summed E-state index contributed by atoms with van der Waals surface area (Å²) in [5.41, 5.74) is 17.3. The number of nitrogens with one attached hydrogen (secondary N) is 2. The highest BCUT2D eigenvalue weighted by molar-refractivity contribution is 5.90. The van der Waals surface area contributed by atoms with E-state index < -0.39 is 5.60 Å². The van der Waals surface area contributed by atoms with Crippen LogP contribution >= 0.6 is 0 Å². The Balaban J connectivity index is 0.000000202. The molecule has 2 amide bonds. The Kier molecular flexibility index (Phi) is 14.0. The molecule has 0 aromatic carbocycles. The lowest BCUT2D eigenvalue weighted by molar-refractivity contribution is -0.119. The Morgan fingerprint density at radius 1 is 0.797 bits per heavy atom. The van der Waals surface area contributed by atoms with Gasteiger partial charge in [0, 0.05) is 57.3 Å². The molecule has 1 saturated carbocycles. The van der Waals surface area contributed by atoms with Gasteiger partial charge in [-0.15, -0.1) is 0 Å². The molecule has 16 nitrogen and oxygen atoms in total. The maximum Gasteiger partial charge on any atom is 0.410 e. The minimum Gasteiger partial charge on any atom is -0.444 e. The number of methoxy groups -OCH3 is 1. The maximum absolute atomic E-state index is 12.3. The van der Waals surface area contributed by atoms with E-state index in [-0.39, 0.29) is 11.7 Å². The summed E-state index contributed by atoms with van der Waals surface area (Å²) in [4.78, 5) is 53.6. The molecule has 3 fully saturated rings. The number of ether oxygens (including phenoxy) is 2. The molecular formula is C43H66N12O4. The molecule has 2 aliphatic heterocycles. The Labute approximate surface area is 349 Å². The molecule has 4 aromatic rings. The average molecular weight is 815 g/mol. The monoisotopic (exact) mass is 815 g/mol. The molecule has 1 spiro atoms. The van der Waals surface area contributed by atoms with Crippen molar-refractivity contribution < 1.29 is 19.1 Å². The summed E-state index contributed by atoms with van der Waals surface area (Å²) in [5.74, 6) is 2.50. The van der Waals surface area contributed by atoms with E-state index in [1.807, 2.05) is 91.2 Å². The quantitative estimate of drug-likeness (QED) is 0.148. The zero-order chi connectivity index (χ0) is 43.3. The highest BCUT2D eigenvalue weighted by Crippen LogP contribution is 2.50. The van der Waals surface area contributed by atoms with Gasteiger partial charge in [-0.1, -0.05) is 0 Å². The van der Waals surface area contributed by atoms with Crippen molar-refractivity contribution in [3.8, 4) is 0 Å². The fourth-order valence-electron chi connectivity index (χ4n) is 7.83. The smallest absolute Gasteiger partial charge is 0.410 e. The van der Waals surface area contributed by atoms with Gasteiger partial charge in [0.2, 0.25) is 18.3 Å². The van der Waals surface area contributed by atoms with E-state index in [0.717, 1.165) is 111 Å². The Morgan fingerprint density at radius 3 is 1.76 bits per heavy atom. The Morgan fingerprint density at radius 2 is 1.29 bits per heavy atom. The highest BCUT2D eigenvalue weighted by Gasteiger charge is 2.47. The van der Waals surface area contributed by atoms with Crippen molar-refractivity contribution in [2.75, 3.05) is 61.9 Å². The first-order chi connectivity index (χ1) is 27.7. The van der Waals surface area contributed by atoms with Crippen molar-refractivity contribution in [2.45, 2.75) is 125 Å². The summed E-state index contributed by atoms with van der Waals surface area (Å²) >= 11 is 0. The van der Waals surface area contributed by atoms with Crippen LogP contribution in [-0.4, -0.2) is 109 Å². The van der Waals surface area contributed by atoms with Crippen LogP contribution in [0.15, 0.2) is 12.1 Å². The molecule has 6 heterocycles. The molecule has 7 rings (SSSR count). The number of aryl methyl sites for hydroxylation is 4. The Hall–Kier alpha value is -5.12. The van der Waals surface area contributed by atoms with E-state index in [2.05, 4.69) is 40.5 Å². The number of carbonyl (C=O) groups is 2. The van der Waals surface area contributed by atoms with Crippen LogP contribution in [0.3, 0.4) is 0 Å². The van der Waals surface area contributed by atoms with Gasteiger partial charge in [0.1, 0.15) is 17.2 Å². The van der Waals surface area contributed by atoms with Gasteiger partial charge in [0.05, 0.1) is 16.4 Å². The van der Waals surface area contributed by atoms with Crippen molar-refractivity contribution in [3.05, 3.63) is 34.6 Å². The van der Waals surface area contributed by atoms with E-state index in [9.17, 15) is 9.59 Å². The van der Waals surface area contributed by atoms with Crippen LogP contribution in [0, 0.1) is 39.0 Å². The molecule has 0 atom stereocenters. The van der Waals surface area contributed by atoms with Crippen LogP contribution in [-0.2, 0) is 14.3 Å². The van der Waals surface area contributed by atoms with Crippen molar-refractivity contribution in [2.24, 2.45) is 11.3 Å². The van der Waals surface area contributed by atoms with Gasteiger partial charge in [-0.3, -0.25) is 4.79 Å². The third-order valence-corrected chi connectivity index (χ3v) is 11.2. The number of pyridine rings is 2. The van der Waals surface area contributed by atoms with E-state index in [0.29, 0.717) is 52.2 Å². The number of likely N-dealkylation sites (tertiary alicyclic amines) is 2. The van der Waals surface area contributed by atoms with Crippen molar-refractivity contribution >= 4 is 58.1 Å². The number of anilines is 4. The number of aromatic nitrogens is 6. The third kappa shape index (κ3) is 12.2. The number of rotatable bonds is 6. The summed E-state index contributed by atoms with van der Waals surface area (Å²) in [7, 11) is 1.71. The van der Waals surface area contributed by atoms with E-state index >= 15 is 0 Å². The molecule has 322 valence electrons. The van der Waals surface area contributed by atoms with Gasteiger partial charge < -0.3 is 41.4 Å². The molecular weight excluding hydrogens is 749 g/mol. The number of carbonyl (C=O) groups excluding carboxylic acids is 2. The molecule has 0 radical (unpaired) electrons. The van der Waals surface area contributed by atoms with Crippen LogP contribution in [0.4, 0.5) is 28.3 Å². The van der Waals surface area contributed by atoms with E-state index in [1.54, 1.807) is 7.11 Å². The van der Waals surface area contributed by atoms with Crippen LogP contribution in [0.25, 0.3) is 22.1 Å². The van der Waals surface area contributed by atoms with Gasteiger partial charge in [-0.25, -0.2) is 14.8 Å². The first kappa shape index (κ1) is 45.0. The van der Waals surface area contributed by atoms with Gasteiger partial charge in [-0.05, 0) is 142 Å². The molecule has 3 aliphatic rings. The third-order valence-electron chi connectivity index (χ3n) is 11.2. The van der Waals surface area contributed by atoms with Crippen LogP contribution < -0.4 is 22.1 Å². The predicted molar refractivity (Wildman–Crippen MR) is 234 cm³/mol. The zero-order valence-corrected chi connectivity index (χ0v) is 37.0. The summed E-state index contributed by atoms with van der Waals surface area (Å²) in [6, 6.07) is 4.30. The number of nitrogen functional groups attached to an aromatic ring is 2. The number of hydrogen-bond donors (Lipinski definition) is 4. The summed E-state index contributed by atoms with van der Waals surface area (Å²) in [6.07, 6.45) is 6.82. The van der Waals surface area contributed by atoms with Crippen LogP contribution in [0.5, 0.6) is 0 Å². The minimum absolute atomic E-state index is 0.0417. The second-order valence-corrected chi connectivity index (χ2v) is 18.4. The van der Waals surface area contributed by atoms with Crippen LogP contribution in [0.1, 0.15) is 103 Å². The number of nitrogens with zero attached hydrogens (tertiary/aromatic N) is 8. The Bertz CT molecular complexity index is 2090. The predicted octanol–water partition coefficient (Wildman–Crippen LogP) is 6.75. The van der Waals surface area contributed by atoms with Crippen LogP contribution in [0.2, 0.25) is 0 Å². The lowest BCUT2D eigenvalue weighted by Gasteiger charge is -2.52. The summed E-state index contributed by atoms with van der Waals surface area (Å²) in [5, 5.41) is 8.35. The van der Waals surface area contributed by atoms with Gasteiger partial charge in [0.15, 0.2) is 11.3 Å². The van der Waals surface area contributed by atoms with Crippen molar-refractivity contribution in [3.63, 3.8) is 0 Å². The van der Waals surface area contributed by atoms with Crippen molar-refractivity contribution in [1.82, 2.24) is 39.7 Å². The fraction of sp³-hybridized carbons (Fsp3) is 0.628. The lowest BCUT2D eigenvalue weighted by atomic mass is 9.60. The molecule has 16 heteroatoms. The maximum atomic E-state index is 12.3. The van der Waals surface area contributed by atoms with E-state index in [4.69, 9.17) is 20.9 Å². The topological polar surface area (TPSA) is 213 Å². The van der Waals surface area contributed by atoms with E-state index in [1.165, 1.54) is 0 Å². The molecule has 6 N–H and O–H groups in total. The van der Waals surface area contributed by atoms with Crippen molar-refractivity contribution in [1.29, 1.82) is 0 Å². The molecule has 4 aromatic heterocycles.